The molecule has 0 spiro atoms. The fourth-order valence-corrected chi connectivity index (χ4v) is 3.39. The van der Waals surface area contributed by atoms with E-state index in [1.165, 1.54) is 11.3 Å². The van der Waals surface area contributed by atoms with Crippen LogP contribution < -0.4 is 10.5 Å². The van der Waals surface area contributed by atoms with Crippen LogP contribution in [0.5, 0.6) is 0 Å². The Morgan fingerprint density at radius 1 is 1.00 bits per heavy atom. The van der Waals surface area contributed by atoms with E-state index in [1.54, 1.807) is 10.9 Å². The Morgan fingerprint density at radius 2 is 1.80 bits per heavy atom. The highest BCUT2D eigenvalue weighted by Gasteiger charge is 2.18. The first-order valence-corrected chi connectivity index (χ1v) is 8.69. The monoisotopic (exact) mass is 334 g/mol. The Balaban J connectivity index is 1.45. The molecule has 0 N–H and O–H groups in total. The quantitative estimate of drug-likeness (QED) is 0.738. The minimum Gasteiger partial charge on any atom is -0.369 e. The van der Waals surface area contributed by atoms with Crippen LogP contribution in [0.25, 0.3) is 10.8 Å². The lowest BCUT2D eigenvalue weighted by molar-refractivity contribution is 0.192. The largest absolute Gasteiger partial charge is 0.369 e. The van der Waals surface area contributed by atoms with Gasteiger partial charge in [0.25, 0.3) is 5.56 Å². The summed E-state index contributed by atoms with van der Waals surface area (Å²) in [4.78, 5) is 17.3. The lowest BCUT2D eigenvalue weighted by Gasteiger charge is -2.36. The lowest BCUT2D eigenvalue weighted by atomic mass is 10.2. The van der Waals surface area contributed by atoms with E-state index in [0.29, 0.717) is 6.67 Å². The number of benzene rings is 2. The number of hydrogen-bond donors (Lipinski definition) is 0. The summed E-state index contributed by atoms with van der Waals surface area (Å²) < 4.78 is 1.57. The first kappa shape index (κ1) is 15.8. The second-order valence-electron chi connectivity index (χ2n) is 6.62. The van der Waals surface area contributed by atoms with Gasteiger partial charge in [-0.2, -0.15) is 5.10 Å². The molecule has 1 saturated heterocycles. The number of aryl methyl sites for hydroxylation is 1. The topological polar surface area (TPSA) is 41.4 Å². The molecule has 2 aromatic carbocycles. The van der Waals surface area contributed by atoms with E-state index in [1.807, 2.05) is 24.3 Å². The van der Waals surface area contributed by atoms with Gasteiger partial charge in [-0.15, -0.1) is 0 Å². The zero-order valence-corrected chi connectivity index (χ0v) is 14.4. The number of anilines is 1. The van der Waals surface area contributed by atoms with Crippen LogP contribution in [0.4, 0.5) is 5.69 Å². The van der Waals surface area contributed by atoms with Gasteiger partial charge >= 0.3 is 0 Å². The summed E-state index contributed by atoms with van der Waals surface area (Å²) in [7, 11) is 0. The van der Waals surface area contributed by atoms with Crippen LogP contribution in [0.2, 0.25) is 0 Å². The smallest absolute Gasteiger partial charge is 0.275 e. The molecule has 4 rings (SSSR count). The van der Waals surface area contributed by atoms with Crippen molar-refractivity contribution in [2.24, 2.45) is 0 Å². The van der Waals surface area contributed by atoms with E-state index < -0.39 is 0 Å². The molecule has 128 valence electrons. The molecule has 0 radical (unpaired) electrons. The predicted octanol–water partition coefficient (Wildman–Crippen LogP) is 2.48. The number of hydrogen-bond acceptors (Lipinski definition) is 4. The van der Waals surface area contributed by atoms with Crippen molar-refractivity contribution in [1.82, 2.24) is 14.7 Å². The number of nitrogens with zero attached hydrogens (tertiary/aromatic N) is 4. The molecule has 5 nitrogen and oxygen atoms in total. The third-order valence-electron chi connectivity index (χ3n) is 4.83. The van der Waals surface area contributed by atoms with Crippen LogP contribution in [0.15, 0.2) is 59.5 Å². The van der Waals surface area contributed by atoms with E-state index in [0.717, 1.165) is 37.0 Å². The molecule has 1 aromatic heterocycles. The van der Waals surface area contributed by atoms with Crippen molar-refractivity contribution in [3.63, 3.8) is 0 Å². The molecular weight excluding hydrogens is 312 g/mol. The Labute approximate surface area is 147 Å². The average Bonchev–Trinajstić information content (AvgIpc) is 2.65. The summed E-state index contributed by atoms with van der Waals surface area (Å²) in [6.45, 7) is 6.45. The first-order chi connectivity index (χ1) is 12.2. The summed E-state index contributed by atoms with van der Waals surface area (Å²) in [5.74, 6) is 0. The van der Waals surface area contributed by atoms with Crippen LogP contribution in [0.1, 0.15) is 5.56 Å². The number of aromatic nitrogens is 2. The fourth-order valence-electron chi connectivity index (χ4n) is 3.39. The van der Waals surface area contributed by atoms with Crippen molar-refractivity contribution in [1.29, 1.82) is 0 Å². The number of rotatable bonds is 3. The minimum absolute atomic E-state index is 0.0146. The van der Waals surface area contributed by atoms with Gasteiger partial charge in [0.15, 0.2) is 0 Å². The second kappa shape index (κ2) is 6.69. The molecule has 1 aliphatic heterocycles. The molecule has 0 unspecified atom stereocenters. The first-order valence-electron chi connectivity index (χ1n) is 8.69. The Kier molecular flexibility index (Phi) is 4.24. The van der Waals surface area contributed by atoms with Crippen LogP contribution >= 0.6 is 0 Å². The molecule has 0 aliphatic carbocycles. The van der Waals surface area contributed by atoms with Crippen LogP contribution in [0.3, 0.4) is 0 Å². The molecule has 0 amide bonds. The van der Waals surface area contributed by atoms with Crippen molar-refractivity contribution in [2.45, 2.75) is 13.6 Å². The molecule has 1 fully saturated rings. The third-order valence-corrected chi connectivity index (χ3v) is 4.83. The normalized spacial score (nSPS) is 15.6. The van der Waals surface area contributed by atoms with Gasteiger partial charge in [0.2, 0.25) is 0 Å². The second-order valence-corrected chi connectivity index (χ2v) is 6.62. The maximum Gasteiger partial charge on any atom is 0.275 e. The molecule has 3 aromatic rings. The maximum atomic E-state index is 12.6. The van der Waals surface area contributed by atoms with E-state index in [2.05, 4.69) is 46.1 Å². The van der Waals surface area contributed by atoms with E-state index in [9.17, 15) is 4.79 Å². The molecule has 0 bridgehead atoms. The van der Waals surface area contributed by atoms with Crippen LogP contribution in [-0.4, -0.2) is 40.9 Å². The van der Waals surface area contributed by atoms with Gasteiger partial charge in [-0.1, -0.05) is 30.3 Å². The van der Waals surface area contributed by atoms with Crippen molar-refractivity contribution in [2.75, 3.05) is 31.1 Å². The van der Waals surface area contributed by atoms with E-state index in [4.69, 9.17) is 0 Å². The average molecular weight is 334 g/mol. The zero-order valence-electron chi connectivity index (χ0n) is 14.4. The van der Waals surface area contributed by atoms with E-state index >= 15 is 0 Å². The Bertz CT molecular complexity index is 942. The summed E-state index contributed by atoms with van der Waals surface area (Å²) in [6, 6.07) is 16.2. The predicted molar refractivity (Wildman–Crippen MR) is 101 cm³/mol. The van der Waals surface area contributed by atoms with E-state index in [-0.39, 0.29) is 5.56 Å². The molecule has 1 aliphatic rings. The van der Waals surface area contributed by atoms with Gasteiger partial charge in [0.05, 0.1) is 18.3 Å². The van der Waals surface area contributed by atoms with Gasteiger partial charge in [-0.3, -0.25) is 9.69 Å². The van der Waals surface area contributed by atoms with Gasteiger partial charge in [0.1, 0.15) is 0 Å². The molecule has 0 atom stereocenters. The lowest BCUT2D eigenvalue weighted by Crippen LogP contribution is -2.48. The van der Waals surface area contributed by atoms with Gasteiger partial charge in [0, 0.05) is 37.3 Å². The number of piperazine rings is 1. The maximum absolute atomic E-state index is 12.6. The number of fused-ring (bicyclic) bond motifs is 1. The fraction of sp³-hybridized carbons (Fsp3) is 0.300. The summed E-state index contributed by atoms with van der Waals surface area (Å²) in [5, 5.41) is 5.97. The Hall–Kier alpha value is -2.66. The minimum atomic E-state index is -0.0146. The van der Waals surface area contributed by atoms with Crippen molar-refractivity contribution in [3.05, 3.63) is 70.6 Å². The van der Waals surface area contributed by atoms with Crippen molar-refractivity contribution >= 4 is 16.5 Å². The molecular formula is C20H22N4O. The standard InChI is InChI=1S/C20H22N4O/c1-16-5-4-7-18(13-16)23-11-9-22(10-12-23)15-24-20(25)19-8-3-2-6-17(19)14-21-24/h2-8,13-14H,9-12,15H2,1H3. The van der Waals surface area contributed by atoms with Crippen molar-refractivity contribution in [3.8, 4) is 0 Å². The third kappa shape index (κ3) is 3.28. The molecule has 0 saturated carbocycles. The molecule has 2 heterocycles. The van der Waals surface area contributed by atoms with Gasteiger partial charge in [-0.25, -0.2) is 4.68 Å². The molecule has 25 heavy (non-hydrogen) atoms. The van der Waals surface area contributed by atoms with Crippen LogP contribution in [-0.2, 0) is 6.67 Å². The highest BCUT2D eigenvalue weighted by molar-refractivity contribution is 5.80. The zero-order chi connectivity index (χ0) is 17.2. The highest BCUT2D eigenvalue weighted by atomic mass is 16.1. The van der Waals surface area contributed by atoms with Gasteiger partial charge in [-0.05, 0) is 30.7 Å². The summed E-state index contributed by atoms with van der Waals surface area (Å²) in [6.07, 6.45) is 1.78. The molecule has 5 heteroatoms. The van der Waals surface area contributed by atoms with Crippen LogP contribution in [0, 0.1) is 6.92 Å². The van der Waals surface area contributed by atoms with Gasteiger partial charge < -0.3 is 4.90 Å². The SMILES string of the molecule is Cc1cccc(N2CCN(Cn3ncc4ccccc4c3=O)CC2)c1. The summed E-state index contributed by atoms with van der Waals surface area (Å²) in [5.41, 5.74) is 2.55. The van der Waals surface area contributed by atoms with Crippen molar-refractivity contribution < 1.29 is 0 Å². The highest BCUT2D eigenvalue weighted by Crippen LogP contribution is 2.18. The summed E-state index contributed by atoms with van der Waals surface area (Å²) >= 11 is 0. The Morgan fingerprint density at radius 3 is 2.60 bits per heavy atom.